The van der Waals surface area contributed by atoms with Gasteiger partial charge in [0.05, 0.1) is 0 Å². The first-order chi connectivity index (χ1) is 9.38. The van der Waals surface area contributed by atoms with Crippen molar-refractivity contribution in [3.05, 3.63) is 34.4 Å². The molecule has 2 aliphatic rings. The summed E-state index contributed by atoms with van der Waals surface area (Å²) < 4.78 is 0. The molecule has 0 aromatic heterocycles. The first-order valence-electron chi connectivity index (χ1n) is 8.26. The zero-order chi connectivity index (χ0) is 13.1. The molecule has 1 unspecified atom stereocenters. The molecule has 2 aliphatic carbocycles. The highest BCUT2D eigenvalue weighted by atomic mass is 14.9. The summed E-state index contributed by atoms with van der Waals surface area (Å²) in [6.07, 6.45) is 12.0. The van der Waals surface area contributed by atoms with Crippen molar-refractivity contribution in [2.45, 2.75) is 70.8 Å². The maximum absolute atomic E-state index is 3.77. The van der Waals surface area contributed by atoms with Crippen molar-refractivity contribution in [3.8, 4) is 0 Å². The molecule has 0 saturated heterocycles. The van der Waals surface area contributed by atoms with E-state index >= 15 is 0 Å². The number of aryl methyl sites for hydroxylation is 3. The van der Waals surface area contributed by atoms with Crippen molar-refractivity contribution >= 4 is 0 Å². The first-order valence-corrected chi connectivity index (χ1v) is 8.26. The Morgan fingerprint density at radius 3 is 2.42 bits per heavy atom. The lowest BCUT2D eigenvalue weighted by Crippen LogP contribution is -2.23. The molecule has 104 valence electrons. The zero-order valence-electron chi connectivity index (χ0n) is 12.3. The molecule has 3 rings (SSSR count). The minimum atomic E-state index is 0.615. The van der Waals surface area contributed by atoms with Crippen LogP contribution in [-0.4, -0.2) is 6.54 Å². The Bertz CT molecular complexity index is 436. The van der Waals surface area contributed by atoms with Crippen molar-refractivity contribution in [2.75, 3.05) is 6.54 Å². The van der Waals surface area contributed by atoms with E-state index in [0.29, 0.717) is 6.04 Å². The van der Waals surface area contributed by atoms with E-state index < -0.39 is 0 Å². The Morgan fingerprint density at radius 1 is 0.947 bits per heavy atom. The number of hydrogen-bond acceptors (Lipinski definition) is 1. The lowest BCUT2D eigenvalue weighted by atomic mass is 9.86. The van der Waals surface area contributed by atoms with Crippen LogP contribution in [0.5, 0.6) is 0 Å². The van der Waals surface area contributed by atoms with Gasteiger partial charge in [0.15, 0.2) is 0 Å². The van der Waals surface area contributed by atoms with Crippen LogP contribution in [0.2, 0.25) is 0 Å². The summed E-state index contributed by atoms with van der Waals surface area (Å²) in [6, 6.07) is 5.72. The predicted molar refractivity (Wildman–Crippen MR) is 81.7 cm³/mol. The fraction of sp³-hybridized carbons (Fsp3) is 0.667. The summed E-state index contributed by atoms with van der Waals surface area (Å²) in [5.74, 6) is 0. The summed E-state index contributed by atoms with van der Waals surface area (Å²) in [6.45, 7) is 3.42. The van der Waals surface area contributed by atoms with E-state index in [-0.39, 0.29) is 0 Å². The molecule has 0 spiro atoms. The molecule has 1 aromatic rings. The third-order valence-electron chi connectivity index (χ3n) is 4.81. The largest absolute Gasteiger partial charge is 0.310 e. The van der Waals surface area contributed by atoms with Gasteiger partial charge in [0.25, 0.3) is 0 Å². The number of fused-ring (bicyclic) bond motifs is 2. The second-order valence-corrected chi connectivity index (χ2v) is 6.28. The van der Waals surface area contributed by atoms with Gasteiger partial charge in [-0.25, -0.2) is 0 Å². The summed E-state index contributed by atoms with van der Waals surface area (Å²) in [4.78, 5) is 0. The van der Waals surface area contributed by atoms with Gasteiger partial charge in [-0.1, -0.05) is 25.5 Å². The van der Waals surface area contributed by atoms with Crippen LogP contribution in [0.4, 0.5) is 0 Å². The summed E-state index contributed by atoms with van der Waals surface area (Å²) in [5.41, 5.74) is 6.58. The standard InChI is InChI=1S/C18H27N/c1-2-11-19-18-10-6-5-9-16-12-14-7-3-4-8-15(14)13-17(16)18/h12-13,18-19H,2-11H2,1H3. The molecular weight excluding hydrogens is 230 g/mol. The minimum Gasteiger partial charge on any atom is -0.310 e. The van der Waals surface area contributed by atoms with Gasteiger partial charge >= 0.3 is 0 Å². The maximum Gasteiger partial charge on any atom is 0.0323 e. The summed E-state index contributed by atoms with van der Waals surface area (Å²) >= 11 is 0. The normalized spacial score (nSPS) is 22.5. The molecule has 1 atom stereocenters. The van der Waals surface area contributed by atoms with E-state index in [1.54, 1.807) is 22.3 Å². The lowest BCUT2D eigenvalue weighted by Gasteiger charge is -2.24. The highest BCUT2D eigenvalue weighted by molar-refractivity contribution is 5.42. The second-order valence-electron chi connectivity index (χ2n) is 6.28. The molecule has 0 bridgehead atoms. The smallest absolute Gasteiger partial charge is 0.0323 e. The quantitative estimate of drug-likeness (QED) is 0.795. The minimum absolute atomic E-state index is 0.615. The van der Waals surface area contributed by atoms with Crippen molar-refractivity contribution in [3.63, 3.8) is 0 Å². The van der Waals surface area contributed by atoms with Gasteiger partial charge in [0.1, 0.15) is 0 Å². The lowest BCUT2D eigenvalue weighted by molar-refractivity contribution is 0.489. The average molecular weight is 257 g/mol. The second kappa shape index (κ2) is 6.09. The molecule has 0 radical (unpaired) electrons. The molecular formula is C18H27N. The van der Waals surface area contributed by atoms with Crippen LogP contribution in [0.15, 0.2) is 12.1 Å². The Labute approximate surface area is 117 Å². The Hall–Kier alpha value is -0.820. The predicted octanol–water partition coefficient (Wildman–Crippen LogP) is 4.33. The Morgan fingerprint density at radius 2 is 1.63 bits per heavy atom. The number of hydrogen-bond donors (Lipinski definition) is 1. The van der Waals surface area contributed by atoms with Gasteiger partial charge in [-0.05, 0) is 80.2 Å². The molecule has 1 N–H and O–H groups in total. The van der Waals surface area contributed by atoms with Crippen LogP contribution in [-0.2, 0) is 19.3 Å². The van der Waals surface area contributed by atoms with Crippen molar-refractivity contribution in [2.24, 2.45) is 0 Å². The first kappa shape index (κ1) is 13.2. The number of nitrogens with one attached hydrogen (secondary N) is 1. The molecule has 1 heteroatoms. The fourth-order valence-electron chi connectivity index (χ4n) is 3.75. The van der Waals surface area contributed by atoms with Crippen molar-refractivity contribution in [1.29, 1.82) is 0 Å². The molecule has 0 fully saturated rings. The Kier molecular flexibility index (Phi) is 4.22. The number of rotatable bonds is 3. The molecule has 19 heavy (non-hydrogen) atoms. The highest BCUT2D eigenvalue weighted by Gasteiger charge is 2.21. The van der Waals surface area contributed by atoms with Gasteiger partial charge in [0.2, 0.25) is 0 Å². The van der Waals surface area contributed by atoms with E-state index in [9.17, 15) is 0 Å². The molecule has 0 heterocycles. The van der Waals surface area contributed by atoms with Crippen LogP contribution in [0.3, 0.4) is 0 Å². The molecule has 0 saturated carbocycles. The SMILES string of the molecule is CCCNC1CCCCc2cc3c(cc21)CCCC3. The average Bonchev–Trinajstić information content (AvgIpc) is 2.64. The third-order valence-corrected chi connectivity index (χ3v) is 4.81. The zero-order valence-corrected chi connectivity index (χ0v) is 12.3. The van der Waals surface area contributed by atoms with E-state index in [4.69, 9.17) is 0 Å². The molecule has 1 nitrogen and oxygen atoms in total. The number of benzene rings is 1. The van der Waals surface area contributed by atoms with E-state index in [1.165, 1.54) is 57.8 Å². The van der Waals surface area contributed by atoms with E-state index in [0.717, 1.165) is 6.54 Å². The molecule has 0 aliphatic heterocycles. The van der Waals surface area contributed by atoms with Gasteiger partial charge < -0.3 is 5.32 Å². The summed E-state index contributed by atoms with van der Waals surface area (Å²) in [7, 11) is 0. The Balaban J connectivity index is 1.93. The van der Waals surface area contributed by atoms with Crippen LogP contribution < -0.4 is 5.32 Å². The van der Waals surface area contributed by atoms with Gasteiger partial charge in [-0.2, -0.15) is 0 Å². The fourth-order valence-corrected chi connectivity index (χ4v) is 3.75. The van der Waals surface area contributed by atoms with Gasteiger partial charge in [-0.3, -0.25) is 0 Å². The van der Waals surface area contributed by atoms with E-state index in [1.807, 2.05) is 0 Å². The van der Waals surface area contributed by atoms with Crippen LogP contribution in [0.1, 0.15) is 73.7 Å². The van der Waals surface area contributed by atoms with Crippen molar-refractivity contribution < 1.29 is 0 Å². The highest BCUT2D eigenvalue weighted by Crippen LogP contribution is 2.33. The van der Waals surface area contributed by atoms with E-state index in [2.05, 4.69) is 24.4 Å². The maximum atomic E-state index is 3.77. The van der Waals surface area contributed by atoms with Crippen LogP contribution >= 0.6 is 0 Å². The summed E-state index contributed by atoms with van der Waals surface area (Å²) in [5, 5.41) is 3.77. The van der Waals surface area contributed by atoms with Gasteiger partial charge in [0, 0.05) is 6.04 Å². The third kappa shape index (κ3) is 2.86. The van der Waals surface area contributed by atoms with Crippen molar-refractivity contribution in [1.82, 2.24) is 5.32 Å². The van der Waals surface area contributed by atoms with Gasteiger partial charge in [-0.15, -0.1) is 0 Å². The van der Waals surface area contributed by atoms with Crippen LogP contribution in [0.25, 0.3) is 0 Å². The van der Waals surface area contributed by atoms with Crippen LogP contribution in [0, 0.1) is 0 Å². The molecule has 1 aromatic carbocycles. The molecule has 0 amide bonds. The monoisotopic (exact) mass is 257 g/mol. The topological polar surface area (TPSA) is 12.0 Å².